The van der Waals surface area contributed by atoms with E-state index in [1.807, 2.05) is 0 Å². The Morgan fingerprint density at radius 2 is 1.08 bits per heavy atom. The largest absolute Gasteiger partial charge is 2.00 e. The Labute approximate surface area is 137 Å². The molecule has 0 spiro atoms. The second-order valence-electron chi connectivity index (χ2n) is 0.652. The van der Waals surface area contributed by atoms with E-state index in [9.17, 15) is 0 Å². The standard InChI is InChI=1S/Ca.5ClH.NO3.Sn.Zn/c;;;;;;2-1(3)4;;/h;5*1H;;;/q+2;;;;;;-1;+4;+2/p-5. The van der Waals surface area contributed by atoms with E-state index in [-0.39, 0.29) is 69.6 Å². The van der Waals surface area contributed by atoms with Crippen molar-refractivity contribution in [3.05, 3.63) is 15.3 Å². The van der Waals surface area contributed by atoms with Gasteiger partial charge in [0.2, 0.25) is 0 Å². The van der Waals surface area contributed by atoms with Gasteiger partial charge in [0.15, 0.2) is 0 Å². The van der Waals surface area contributed by atoms with Crippen molar-refractivity contribution in [2.75, 3.05) is 0 Å². The van der Waals surface area contributed by atoms with E-state index < -0.39 is 19.0 Å². The van der Waals surface area contributed by atoms with Gasteiger partial charge in [-0.15, -0.1) is 0 Å². The van der Waals surface area contributed by atoms with Crippen molar-refractivity contribution >= 4 is 87.3 Å². The first-order valence-corrected chi connectivity index (χ1v) is 15.8. The molecular weight excluding hydrogens is 463 g/mol. The topological polar surface area (TPSA) is 66.2 Å². The third-order valence-corrected chi connectivity index (χ3v) is 0. The summed E-state index contributed by atoms with van der Waals surface area (Å²) in [4.78, 5) is 8.25. The van der Waals surface area contributed by atoms with Gasteiger partial charge in [0, 0.05) is 0 Å². The molecule has 0 N–H and O–H groups in total. The smallest absolute Gasteiger partial charge is 2.00 e. The van der Waals surface area contributed by atoms with Gasteiger partial charge in [0.25, 0.3) is 0 Å². The van der Waals surface area contributed by atoms with Crippen LogP contribution in [0.4, 0.5) is 0 Å². The third-order valence-electron chi connectivity index (χ3n) is 0. The summed E-state index contributed by atoms with van der Waals surface area (Å²) in [6, 6.07) is 0. The van der Waals surface area contributed by atoms with Crippen molar-refractivity contribution in [3.63, 3.8) is 0 Å². The number of rotatable bonds is 0. The van der Waals surface area contributed by atoms with E-state index in [4.69, 9.17) is 51.0 Å². The number of nitrogens with zero attached hydrogens (tertiary/aromatic N) is 1. The van der Waals surface area contributed by atoms with Gasteiger partial charge < -0.3 is 27.7 Å². The van der Waals surface area contributed by atoms with Crippen LogP contribution in [0, 0.1) is 15.3 Å². The monoisotopic (exact) mass is 461 g/mol. The van der Waals surface area contributed by atoms with Crippen LogP contribution in [0.25, 0.3) is 0 Å². The van der Waals surface area contributed by atoms with Crippen molar-refractivity contribution in [2.24, 2.45) is 0 Å². The number of halogens is 5. The van der Waals surface area contributed by atoms with Gasteiger partial charge in [-0.05, 0) is 0 Å². The molecule has 12 heteroatoms. The normalized spacial score (nSPS) is 7.00. The van der Waals surface area contributed by atoms with Gasteiger partial charge in [-0.2, -0.15) is 0 Å². The Hall–Kier alpha value is 3.33. The summed E-state index contributed by atoms with van der Waals surface area (Å²) < 4.78 is 0. The van der Waals surface area contributed by atoms with E-state index in [1.54, 1.807) is 0 Å². The molecular formula is CaCl5NO3SnZn+2. The van der Waals surface area contributed by atoms with E-state index in [1.165, 1.54) is 0 Å². The second-order valence-corrected chi connectivity index (χ2v) is 26.1. The van der Waals surface area contributed by atoms with Gasteiger partial charge >= 0.3 is 107 Å². The zero-order valence-electron chi connectivity index (χ0n) is 5.48. The molecule has 12 heavy (non-hydrogen) atoms. The molecule has 0 heterocycles. The Morgan fingerprint density at radius 3 is 1.08 bits per heavy atom. The molecule has 0 radical (unpaired) electrons. The summed E-state index contributed by atoms with van der Waals surface area (Å²) >= 11 is -3.29. The van der Waals surface area contributed by atoms with Crippen LogP contribution in [0.2, 0.25) is 0 Å². The molecule has 64 valence electrons. The molecule has 0 fully saturated rings. The summed E-state index contributed by atoms with van der Waals surface area (Å²) in [6.45, 7) is 0. The molecule has 4 nitrogen and oxygen atoms in total. The molecule has 0 amide bonds. The average Bonchev–Trinajstić information content (AvgIpc) is 1.19. The van der Waals surface area contributed by atoms with Crippen LogP contribution in [-0.4, -0.2) is 56.7 Å². The van der Waals surface area contributed by atoms with Crippen LogP contribution in [-0.2, 0) is 19.5 Å². The summed E-state index contributed by atoms with van der Waals surface area (Å²) in [6.07, 6.45) is 0. The molecule has 0 aliphatic carbocycles. The first-order chi connectivity index (χ1) is 3.73. The average molecular weight is 463 g/mol. The van der Waals surface area contributed by atoms with E-state index in [0.29, 0.717) is 0 Å². The van der Waals surface area contributed by atoms with Crippen molar-refractivity contribution in [3.8, 4) is 0 Å². The maximum Gasteiger partial charge on any atom is 2.00 e. The third kappa shape index (κ3) is 183. The SMILES string of the molecule is O=[N+]([O-])[O-].[Ca+2].[Cl-].[Cl][Sn]([Cl])([Cl])[Cl].[Zn+2]. The molecule has 0 unspecified atom stereocenters. The maximum atomic E-state index is 8.25. The quantitative estimate of drug-likeness (QED) is 0.257. The van der Waals surface area contributed by atoms with Gasteiger partial charge in [0.05, 0.1) is 5.09 Å². The molecule has 0 rings (SSSR count). The summed E-state index contributed by atoms with van der Waals surface area (Å²) in [5.74, 6) is 0. The zero-order valence-corrected chi connectivity index (χ0v) is 17.3. The van der Waals surface area contributed by atoms with Gasteiger partial charge in [0.1, 0.15) is 0 Å². The molecule has 0 aromatic rings. The predicted octanol–water partition coefficient (Wildman–Crippen LogP) is -1.24. The summed E-state index contributed by atoms with van der Waals surface area (Å²) in [5, 5.41) is 14.8. The fourth-order valence-electron chi connectivity index (χ4n) is 0. The van der Waals surface area contributed by atoms with E-state index >= 15 is 0 Å². The van der Waals surface area contributed by atoms with Crippen molar-refractivity contribution in [2.45, 2.75) is 0 Å². The van der Waals surface area contributed by atoms with Crippen LogP contribution in [0.5, 0.6) is 0 Å². The summed E-state index contributed by atoms with van der Waals surface area (Å²) in [7, 11) is 20.1. The minimum Gasteiger partial charge on any atom is 2.00 e. The second kappa shape index (κ2) is 16.8. The van der Waals surface area contributed by atoms with Crippen molar-refractivity contribution in [1.29, 1.82) is 0 Å². The van der Waals surface area contributed by atoms with Gasteiger partial charge in [-0.3, -0.25) is 0 Å². The maximum absolute atomic E-state index is 8.25. The molecule has 0 saturated heterocycles. The molecule has 0 atom stereocenters. The molecule has 0 saturated carbocycles. The first kappa shape index (κ1) is 29.5. The fraction of sp³-hybridized carbons (Fsp3) is 0. The minimum absolute atomic E-state index is 0. The zero-order chi connectivity index (χ0) is 8.08. The van der Waals surface area contributed by atoms with Crippen molar-refractivity contribution < 1.29 is 37.0 Å². The molecule has 0 aliphatic rings. The van der Waals surface area contributed by atoms with Crippen LogP contribution < -0.4 is 12.4 Å². The number of hydrogen-bond donors (Lipinski definition) is 0. The van der Waals surface area contributed by atoms with Crippen LogP contribution in [0.1, 0.15) is 0 Å². The molecule has 0 aromatic carbocycles. The fourth-order valence-corrected chi connectivity index (χ4v) is 0. The van der Waals surface area contributed by atoms with Crippen LogP contribution in [0.3, 0.4) is 0 Å². The Bertz CT molecular complexity index is 89.2. The van der Waals surface area contributed by atoms with Crippen molar-refractivity contribution in [1.82, 2.24) is 0 Å². The van der Waals surface area contributed by atoms with E-state index in [2.05, 4.69) is 0 Å². The Balaban J connectivity index is -0.0000000221. The summed E-state index contributed by atoms with van der Waals surface area (Å²) in [5.41, 5.74) is 0. The van der Waals surface area contributed by atoms with Gasteiger partial charge in [-0.25, -0.2) is 0 Å². The molecule has 0 aromatic heterocycles. The van der Waals surface area contributed by atoms with Crippen LogP contribution in [0.15, 0.2) is 0 Å². The molecule has 0 aliphatic heterocycles. The first-order valence-electron chi connectivity index (χ1n) is 1.30. The minimum atomic E-state index is -3.29. The van der Waals surface area contributed by atoms with Gasteiger partial charge in [-0.1, -0.05) is 0 Å². The van der Waals surface area contributed by atoms with Crippen LogP contribution >= 0.6 is 35.7 Å². The number of hydrogen-bond acceptors (Lipinski definition) is 3. The predicted molar refractivity (Wildman–Crippen MR) is 45.3 cm³/mol. The Morgan fingerprint density at radius 1 is 1.08 bits per heavy atom. The molecule has 0 bridgehead atoms. The Kier molecular flexibility index (Phi) is 41.2. The van der Waals surface area contributed by atoms with E-state index in [0.717, 1.165) is 0 Å².